The lowest BCUT2D eigenvalue weighted by Crippen LogP contribution is -2.07. The van der Waals surface area contributed by atoms with Crippen LogP contribution in [0.15, 0.2) is 72.8 Å². The maximum atomic E-state index is 10.6. The largest absolute Gasteiger partial charge is 0.478 e. The molecule has 0 amide bonds. The number of carbonyl (C=O) groups is 12. The van der Waals surface area contributed by atoms with Crippen molar-refractivity contribution in [1.82, 2.24) is 0 Å². The van der Waals surface area contributed by atoms with E-state index in [0.717, 1.165) is 72.8 Å². The van der Waals surface area contributed by atoms with Gasteiger partial charge in [0, 0.05) is 0 Å². The summed E-state index contributed by atoms with van der Waals surface area (Å²) in [5, 5.41) is 103. The molecule has 12 N–H and O–H groups in total. The molecule has 4 rings (SSSR count). The van der Waals surface area contributed by atoms with Crippen LogP contribution in [0.5, 0.6) is 0 Å². The summed E-state index contributed by atoms with van der Waals surface area (Å²) in [6.07, 6.45) is 0. The van der Waals surface area contributed by atoms with Crippen molar-refractivity contribution in [2.24, 2.45) is 0 Å². The van der Waals surface area contributed by atoms with Crippen LogP contribution in [0, 0.1) is 0 Å². The summed E-state index contributed by atoms with van der Waals surface area (Å²) in [6, 6.07) is 10.8. The Bertz CT molecular complexity index is 1820. The predicted molar refractivity (Wildman–Crippen MR) is 189 cm³/mol. The average molecular weight is 841 g/mol. The van der Waals surface area contributed by atoms with Crippen LogP contribution >= 0.6 is 0 Å². The number of hydrogen-bond acceptors (Lipinski definition) is 12. The van der Waals surface area contributed by atoms with Crippen LogP contribution in [0.2, 0.25) is 0 Å². The molecule has 0 aliphatic heterocycles. The molecular weight excluding hydrogens is 816 g/mol. The van der Waals surface area contributed by atoms with Gasteiger partial charge in [-0.1, -0.05) is 0 Å². The third kappa shape index (κ3) is 14.6. The molecule has 24 heteroatoms. The van der Waals surface area contributed by atoms with Crippen molar-refractivity contribution in [3.63, 3.8) is 0 Å². The minimum Gasteiger partial charge on any atom is -0.478 e. The van der Waals surface area contributed by atoms with Gasteiger partial charge >= 0.3 is 71.6 Å². The molecule has 0 atom stereocenters. The van der Waals surface area contributed by atoms with Crippen LogP contribution in [0.1, 0.15) is 124 Å². The molecule has 0 spiro atoms. The summed E-state index contributed by atoms with van der Waals surface area (Å²) in [6.45, 7) is 0. The van der Waals surface area contributed by atoms with E-state index in [1.807, 2.05) is 0 Å². The Morgan fingerprint density at radius 1 is 0.167 bits per heavy atom. The molecule has 4 aromatic carbocycles. The van der Waals surface area contributed by atoms with E-state index in [1.54, 1.807) is 0 Å². The third-order valence-corrected chi connectivity index (χ3v) is 6.70. The Morgan fingerprint density at radius 3 is 0.250 bits per heavy atom. The lowest BCUT2D eigenvalue weighted by atomic mass is 10.1. The van der Waals surface area contributed by atoms with Crippen LogP contribution < -0.4 is 0 Å². The van der Waals surface area contributed by atoms with E-state index in [9.17, 15) is 57.5 Å². The molecule has 0 aliphatic carbocycles. The number of carboxylic acid groups (broad SMARTS) is 12. The first-order chi connectivity index (χ1) is 27.7. The molecule has 312 valence electrons. The van der Waals surface area contributed by atoms with Gasteiger partial charge in [0.15, 0.2) is 0 Å². The van der Waals surface area contributed by atoms with Crippen molar-refractivity contribution in [1.29, 1.82) is 0 Å². The highest BCUT2D eigenvalue weighted by molar-refractivity contribution is 6.02. The molecule has 0 saturated carbocycles. The van der Waals surface area contributed by atoms with Gasteiger partial charge < -0.3 is 61.3 Å². The van der Waals surface area contributed by atoms with E-state index >= 15 is 0 Å². The second-order valence-electron chi connectivity index (χ2n) is 10.9. The number of aromatic carboxylic acids is 12. The van der Waals surface area contributed by atoms with E-state index in [0.29, 0.717) is 0 Å². The minimum absolute atomic E-state index is 0.368. The molecule has 0 aromatic heterocycles. The lowest BCUT2D eigenvalue weighted by molar-refractivity contribution is 0.0666. The van der Waals surface area contributed by atoms with Crippen LogP contribution in [-0.2, 0) is 0 Å². The van der Waals surface area contributed by atoms with Gasteiger partial charge in [-0.15, -0.1) is 0 Å². The molecular formula is C36H24O24. The molecule has 60 heavy (non-hydrogen) atoms. The first-order valence-electron chi connectivity index (χ1n) is 15.1. The Hall–Kier alpha value is -9.48. The maximum absolute atomic E-state index is 10.6. The Balaban J connectivity index is 0.000000400. The number of benzene rings is 4. The highest BCUT2D eigenvalue weighted by Gasteiger charge is 2.17. The van der Waals surface area contributed by atoms with Gasteiger partial charge in [-0.25, -0.2) is 57.5 Å². The predicted octanol–water partition coefficient (Wildman–Crippen LogP) is 3.12. The fraction of sp³-hybridized carbons (Fsp3) is 0. The molecule has 4 aromatic rings. The molecule has 0 bridgehead atoms. The smallest absolute Gasteiger partial charge is 0.335 e. The number of carboxylic acids is 12. The molecule has 0 fully saturated rings. The topological polar surface area (TPSA) is 448 Å². The fourth-order valence-corrected chi connectivity index (χ4v) is 3.99. The average Bonchev–Trinajstić information content (AvgIpc) is 3.17. The van der Waals surface area contributed by atoms with Gasteiger partial charge in [0.05, 0.1) is 66.8 Å². The van der Waals surface area contributed by atoms with Gasteiger partial charge in [-0.05, 0) is 72.8 Å². The van der Waals surface area contributed by atoms with E-state index in [2.05, 4.69) is 0 Å². The first kappa shape index (κ1) is 48.5. The Kier molecular flexibility index (Phi) is 17.0. The lowest BCUT2D eigenvalue weighted by Gasteiger charge is -2.00. The molecule has 0 unspecified atom stereocenters. The summed E-state index contributed by atoms with van der Waals surface area (Å²) in [4.78, 5) is 127. The molecule has 0 heterocycles. The SMILES string of the molecule is O=C(O)c1cc(C(=O)O)cc(C(=O)O)c1.O=C(O)c1cc(C(=O)O)cc(C(=O)O)c1.O=C(O)c1cc(C(=O)O)cc(C(=O)O)c1.O=C(O)c1cc(C(=O)O)cc(C(=O)O)c1. The van der Waals surface area contributed by atoms with Crippen LogP contribution in [0.25, 0.3) is 0 Å². The second-order valence-corrected chi connectivity index (χ2v) is 10.9. The summed E-state index contributed by atoms with van der Waals surface area (Å²) in [5.41, 5.74) is -4.42. The molecule has 24 nitrogen and oxygen atoms in total. The second kappa shape index (κ2) is 21.0. The van der Waals surface area contributed by atoms with Crippen LogP contribution in [0.4, 0.5) is 0 Å². The maximum Gasteiger partial charge on any atom is 0.335 e. The third-order valence-electron chi connectivity index (χ3n) is 6.70. The normalized spacial score (nSPS) is 9.60. The minimum atomic E-state index is -1.37. The summed E-state index contributed by atoms with van der Waals surface area (Å²) in [7, 11) is 0. The van der Waals surface area contributed by atoms with Gasteiger partial charge in [0.25, 0.3) is 0 Å². The fourth-order valence-electron chi connectivity index (χ4n) is 3.99. The van der Waals surface area contributed by atoms with E-state index < -0.39 is 71.6 Å². The van der Waals surface area contributed by atoms with Crippen LogP contribution in [0.3, 0.4) is 0 Å². The van der Waals surface area contributed by atoms with Crippen molar-refractivity contribution >= 4 is 71.6 Å². The Morgan fingerprint density at radius 2 is 0.217 bits per heavy atom. The molecule has 0 saturated heterocycles. The van der Waals surface area contributed by atoms with Crippen LogP contribution in [-0.4, -0.2) is 133 Å². The van der Waals surface area contributed by atoms with E-state index in [1.165, 1.54) is 0 Å². The highest BCUT2D eigenvalue weighted by Crippen LogP contribution is 2.14. The summed E-state index contributed by atoms with van der Waals surface area (Å²) >= 11 is 0. The van der Waals surface area contributed by atoms with Gasteiger partial charge in [-0.2, -0.15) is 0 Å². The van der Waals surface area contributed by atoms with Crippen molar-refractivity contribution in [2.75, 3.05) is 0 Å². The number of hydrogen-bond donors (Lipinski definition) is 12. The van der Waals surface area contributed by atoms with Gasteiger partial charge in [0.1, 0.15) is 0 Å². The van der Waals surface area contributed by atoms with Crippen molar-refractivity contribution in [3.8, 4) is 0 Å². The van der Waals surface area contributed by atoms with Crippen molar-refractivity contribution in [2.45, 2.75) is 0 Å². The van der Waals surface area contributed by atoms with Crippen molar-refractivity contribution in [3.05, 3.63) is 140 Å². The monoisotopic (exact) mass is 840 g/mol. The Labute approximate surface area is 329 Å². The number of rotatable bonds is 12. The van der Waals surface area contributed by atoms with Crippen molar-refractivity contribution < 1.29 is 119 Å². The molecule has 0 aliphatic rings. The highest BCUT2D eigenvalue weighted by atomic mass is 16.4. The standard InChI is InChI=1S/4C9H6O6/c4*10-7(11)4-1-5(8(12)13)3-6(2-4)9(14)15/h4*1-3H,(H,10,11)(H,12,13)(H,14,15). The quantitative estimate of drug-likeness (QED) is 0.0974. The zero-order chi connectivity index (χ0) is 46.3. The van der Waals surface area contributed by atoms with E-state index in [-0.39, 0.29) is 66.8 Å². The zero-order valence-electron chi connectivity index (χ0n) is 29.2. The van der Waals surface area contributed by atoms with E-state index in [4.69, 9.17) is 61.3 Å². The zero-order valence-corrected chi connectivity index (χ0v) is 29.2. The van der Waals surface area contributed by atoms with Gasteiger partial charge in [0.2, 0.25) is 0 Å². The summed E-state index contributed by atoms with van der Waals surface area (Å²) in [5.74, 6) is -16.5. The first-order valence-corrected chi connectivity index (χ1v) is 15.1. The molecule has 0 radical (unpaired) electrons. The summed E-state index contributed by atoms with van der Waals surface area (Å²) < 4.78 is 0. The van der Waals surface area contributed by atoms with Gasteiger partial charge in [-0.3, -0.25) is 0 Å².